The van der Waals surface area contributed by atoms with Crippen LogP contribution in [0.3, 0.4) is 0 Å². The highest BCUT2D eigenvalue weighted by atomic mass is 14.7. The third kappa shape index (κ3) is 0.426. The lowest BCUT2D eigenvalue weighted by Gasteiger charge is -2.53. The molecule has 0 heteroatoms. The molecule has 0 radical (unpaired) electrons. The molecular formula is C9H16. The molecule has 3 saturated carbocycles. The van der Waals surface area contributed by atoms with Crippen LogP contribution in [0.5, 0.6) is 0 Å². The van der Waals surface area contributed by atoms with Gasteiger partial charge in [-0.15, -0.1) is 0 Å². The maximum atomic E-state index is 2.45. The fourth-order valence-corrected chi connectivity index (χ4v) is 2.80. The number of rotatable bonds is 0. The summed E-state index contributed by atoms with van der Waals surface area (Å²) in [5, 5.41) is 0. The quantitative estimate of drug-likeness (QED) is 0.466. The summed E-state index contributed by atoms with van der Waals surface area (Å²) in [5.41, 5.74) is 1.42. The van der Waals surface area contributed by atoms with Crippen molar-refractivity contribution in [3.8, 4) is 0 Å². The van der Waals surface area contributed by atoms with Crippen LogP contribution in [-0.2, 0) is 0 Å². The highest BCUT2D eigenvalue weighted by Crippen LogP contribution is 2.70. The van der Waals surface area contributed by atoms with E-state index in [4.69, 9.17) is 0 Å². The van der Waals surface area contributed by atoms with Crippen LogP contribution < -0.4 is 0 Å². The molecule has 2 bridgehead atoms. The first-order valence-corrected chi connectivity index (χ1v) is 4.06. The summed E-state index contributed by atoms with van der Waals surface area (Å²) in [4.78, 5) is 0. The Kier molecular flexibility index (Phi) is 0.774. The summed E-state index contributed by atoms with van der Waals surface area (Å²) >= 11 is 0. The van der Waals surface area contributed by atoms with Crippen molar-refractivity contribution in [2.75, 3.05) is 0 Å². The average Bonchev–Trinajstić information content (AvgIpc) is 2.21. The zero-order chi connectivity index (χ0) is 6.70. The lowest BCUT2D eigenvalue weighted by Crippen LogP contribution is -2.45. The Morgan fingerprint density at radius 1 is 1.22 bits per heavy atom. The van der Waals surface area contributed by atoms with Gasteiger partial charge in [0.2, 0.25) is 0 Å². The lowest BCUT2D eigenvalue weighted by atomic mass is 9.52. The molecule has 0 aromatic carbocycles. The highest BCUT2D eigenvalue weighted by molar-refractivity contribution is 5.10. The van der Waals surface area contributed by atoms with Gasteiger partial charge in [0.05, 0.1) is 0 Å². The van der Waals surface area contributed by atoms with Crippen molar-refractivity contribution in [2.24, 2.45) is 16.7 Å². The van der Waals surface area contributed by atoms with Gasteiger partial charge in [0.15, 0.2) is 0 Å². The molecule has 9 heavy (non-hydrogen) atoms. The molecule has 52 valence electrons. The van der Waals surface area contributed by atoms with E-state index in [-0.39, 0.29) is 0 Å². The van der Waals surface area contributed by atoms with Crippen molar-refractivity contribution in [3.05, 3.63) is 0 Å². The molecule has 0 nitrogen and oxygen atoms in total. The number of hydrogen-bond donors (Lipinski definition) is 0. The predicted molar refractivity (Wildman–Crippen MR) is 39.2 cm³/mol. The molecule has 0 spiro atoms. The van der Waals surface area contributed by atoms with E-state index in [0.29, 0.717) is 5.41 Å². The van der Waals surface area contributed by atoms with Gasteiger partial charge in [-0.05, 0) is 36.0 Å². The Hall–Kier alpha value is 0. The van der Waals surface area contributed by atoms with E-state index in [9.17, 15) is 0 Å². The number of hydrogen-bond acceptors (Lipinski definition) is 0. The van der Waals surface area contributed by atoms with Gasteiger partial charge in [0.25, 0.3) is 0 Å². The van der Waals surface area contributed by atoms with E-state index in [1.807, 2.05) is 0 Å². The molecule has 0 N–H and O–H groups in total. The van der Waals surface area contributed by atoms with Crippen molar-refractivity contribution in [2.45, 2.75) is 40.0 Å². The van der Waals surface area contributed by atoms with Gasteiger partial charge < -0.3 is 0 Å². The van der Waals surface area contributed by atoms with Crippen LogP contribution in [-0.4, -0.2) is 0 Å². The Morgan fingerprint density at radius 3 is 2.00 bits per heavy atom. The molecule has 3 rings (SSSR count). The van der Waals surface area contributed by atoms with Crippen LogP contribution in [0, 0.1) is 16.7 Å². The van der Waals surface area contributed by atoms with Gasteiger partial charge in [-0.1, -0.05) is 20.8 Å². The summed E-state index contributed by atoms with van der Waals surface area (Å²) in [6.07, 6.45) is 4.51. The molecule has 0 heterocycles. The van der Waals surface area contributed by atoms with Crippen molar-refractivity contribution in [3.63, 3.8) is 0 Å². The topological polar surface area (TPSA) is 0 Å². The van der Waals surface area contributed by atoms with Crippen molar-refractivity contribution < 1.29 is 0 Å². The lowest BCUT2D eigenvalue weighted by molar-refractivity contribution is -0.0393. The second kappa shape index (κ2) is 1.21. The smallest absolute Gasteiger partial charge is 0.0269 e. The molecule has 0 unspecified atom stereocenters. The van der Waals surface area contributed by atoms with E-state index < -0.39 is 0 Å². The minimum Gasteiger partial charge on any atom is -0.0591 e. The fraction of sp³-hybridized carbons (Fsp3) is 1.00. The van der Waals surface area contributed by atoms with Gasteiger partial charge in [-0.2, -0.15) is 0 Å². The summed E-state index contributed by atoms with van der Waals surface area (Å²) in [6.45, 7) is 7.33. The van der Waals surface area contributed by atoms with Crippen LogP contribution in [0.15, 0.2) is 0 Å². The zero-order valence-electron chi connectivity index (χ0n) is 6.70. The first-order chi connectivity index (χ1) is 4.06. The predicted octanol–water partition coefficient (Wildman–Crippen LogP) is 2.83. The van der Waals surface area contributed by atoms with E-state index in [1.54, 1.807) is 0 Å². The van der Waals surface area contributed by atoms with E-state index >= 15 is 0 Å². The highest BCUT2D eigenvalue weighted by Gasteiger charge is 2.61. The van der Waals surface area contributed by atoms with E-state index in [0.717, 1.165) is 11.3 Å². The maximum absolute atomic E-state index is 2.45. The third-order valence-electron chi connectivity index (χ3n) is 4.32. The molecule has 0 aromatic heterocycles. The molecule has 0 aliphatic heterocycles. The summed E-state index contributed by atoms with van der Waals surface area (Å²) in [7, 11) is 0. The molecule has 3 aliphatic rings. The zero-order valence-corrected chi connectivity index (χ0v) is 6.70. The number of fused-ring (bicyclic) bond motifs is 1. The minimum absolute atomic E-state index is 0.688. The second-order valence-electron chi connectivity index (χ2n) is 4.72. The Balaban J connectivity index is 2.32. The molecular weight excluding hydrogens is 108 g/mol. The normalized spacial score (nSPS) is 53.0. The largest absolute Gasteiger partial charge is 0.0591 e. The average molecular weight is 124 g/mol. The molecule has 2 atom stereocenters. The summed E-state index contributed by atoms with van der Waals surface area (Å²) in [6, 6.07) is 0. The van der Waals surface area contributed by atoms with Gasteiger partial charge in [0.1, 0.15) is 0 Å². The van der Waals surface area contributed by atoms with Crippen LogP contribution in [0.4, 0.5) is 0 Å². The van der Waals surface area contributed by atoms with Gasteiger partial charge >= 0.3 is 0 Å². The Labute approximate surface area is 57.6 Å². The minimum atomic E-state index is 0.688. The van der Waals surface area contributed by atoms with Crippen molar-refractivity contribution in [1.82, 2.24) is 0 Å². The van der Waals surface area contributed by atoms with Crippen molar-refractivity contribution >= 4 is 0 Å². The first kappa shape index (κ1) is 5.76. The standard InChI is InChI=1S/C9H16/c1-8(2)7-4-5-9(8,3)6-7/h7H,4-6H2,1-3H3/t7-,9+/m1/s1. The van der Waals surface area contributed by atoms with Gasteiger partial charge in [-0.3, -0.25) is 0 Å². The summed E-state index contributed by atoms with van der Waals surface area (Å²) < 4.78 is 0. The molecule has 0 amide bonds. The third-order valence-corrected chi connectivity index (χ3v) is 4.32. The molecule has 0 saturated heterocycles. The van der Waals surface area contributed by atoms with Crippen LogP contribution in [0.1, 0.15) is 40.0 Å². The maximum Gasteiger partial charge on any atom is -0.0269 e. The van der Waals surface area contributed by atoms with E-state index in [2.05, 4.69) is 20.8 Å². The SMILES string of the molecule is CC1(C)[C@@H]2CC[C@@]1(C)C2. The summed E-state index contributed by atoms with van der Waals surface area (Å²) in [5.74, 6) is 1.07. The van der Waals surface area contributed by atoms with Gasteiger partial charge in [0, 0.05) is 0 Å². The monoisotopic (exact) mass is 124 g/mol. The molecule has 3 aliphatic carbocycles. The Morgan fingerprint density at radius 2 is 1.89 bits per heavy atom. The van der Waals surface area contributed by atoms with E-state index in [1.165, 1.54) is 19.3 Å². The fourth-order valence-electron chi connectivity index (χ4n) is 2.80. The second-order valence-corrected chi connectivity index (χ2v) is 4.72. The van der Waals surface area contributed by atoms with Crippen LogP contribution in [0.25, 0.3) is 0 Å². The van der Waals surface area contributed by atoms with Crippen LogP contribution in [0.2, 0.25) is 0 Å². The van der Waals surface area contributed by atoms with Crippen molar-refractivity contribution in [1.29, 1.82) is 0 Å². The van der Waals surface area contributed by atoms with Gasteiger partial charge in [-0.25, -0.2) is 0 Å². The molecule has 3 fully saturated rings. The first-order valence-electron chi connectivity index (χ1n) is 4.06. The van der Waals surface area contributed by atoms with Crippen LogP contribution >= 0.6 is 0 Å². The Bertz CT molecular complexity index is 139. The molecule has 0 aromatic rings.